The minimum atomic E-state index is -0.289. The lowest BCUT2D eigenvalue weighted by atomic mass is 10.3. The van der Waals surface area contributed by atoms with E-state index in [4.69, 9.17) is 4.74 Å². The summed E-state index contributed by atoms with van der Waals surface area (Å²) in [5.41, 5.74) is 0. The fourth-order valence-corrected chi connectivity index (χ4v) is 1.33. The minimum Gasteiger partial charge on any atom is -0.390 e. The molecule has 0 radical (unpaired) electrons. The van der Waals surface area contributed by atoms with Crippen LogP contribution in [0.4, 0.5) is 0 Å². The molecule has 0 bridgehead atoms. The van der Waals surface area contributed by atoms with Gasteiger partial charge in [0.2, 0.25) is 0 Å². The predicted octanol–water partition coefficient (Wildman–Crippen LogP) is 0.315. The average Bonchev–Trinajstić information content (AvgIpc) is 2.18. The molecule has 0 saturated heterocycles. The molecule has 92 valence electrons. The lowest BCUT2D eigenvalue weighted by molar-refractivity contribution is 0.0888. The highest BCUT2D eigenvalue weighted by Crippen LogP contribution is 1.89. The van der Waals surface area contributed by atoms with Gasteiger partial charge in [0.1, 0.15) is 0 Å². The maximum atomic E-state index is 9.66. The zero-order chi connectivity index (χ0) is 11.5. The highest BCUT2D eigenvalue weighted by molar-refractivity contribution is 4.63. The van der Waals surface area contributed by atoms with E-state index in [1.165, 1.54) is 0 Å². The van der Waals surface area contributed by atoms with Crippen molar-refractivity contribution in [2.75, 3.05) is 46.4 Å². The van der Waals surface area contributed by atoms with Crippen molar-refractivity contribution in [1.29, 1.82) is 0 Å². The fraction of sp³-hybridized carbons (Fsp3) is 1.00. The molecule has 0 aliphatic rings. The molecule has 0 amide bonds. The summed E-state index contributed by atoms with van der Waals surface area (Å²) in [5, 5.41) is 12.9. The highest BCUT2D eigenvalue weighted by atomic mass is 16.5. The Labute approximate surface area is 93.6 Å². The fourth-order valence-electron chi connectivity index (χ4n) is 1.33. The molecule has 0 aliphatic carbocycles. The van der Waals surface area contributed by atoms with Gasteiger partial charge in [0.25, 0.3) is 0 Å². The Morgan fingerprint density at radius 3 is 2.73 bits per heavy atom. The van der Waals surface area contributed by atoms with E-state index in [0.29, 0.717) is 13.1 Å². The van der Waals surface area contributed by atoms with Crippen molar-refractivity contribution >= 4 is 0 Å². The van der Waals surface area contributed by atoms with Crippen LogP contribution in [0.25, 0.3) is 0 Å². The van der Waals surface area contributed by atoms with Crippen LogP contribution in [0.2, 0.25) is 0 Å². The summed E-state index contributed by atoms with van der Waals surface area (Å²) in [4.78, 5) is 2.09. The van der Waals surface area contributed by atoms with Crippen LogP contribution < -0.4 is 5.32 Å². The van der Waals surface area contributed by atoms with Crippen LogP contribution in [0.3, 0.4) is 0 Å². The van der Waals surface area contributed by atoms with Crippen molar-refractivity contribution in [2.45, 2.75) is 26.4 Å². The molecular formula is C11H26N2O2. The lowest BCUT2D eigenvalue weighted by Crippen LogP contribution is -2.38. The molecule has 0 aromatic carbocycles. The number of ether oxygens (including phenoxy) is 1. The van der Waals surface area contributed by atoms with Gasteiger partial charge in [-0.1, -0.05) is 6.92 Å². The van der Waals surface area contributed by atoms with Crippen LogP contribution in [0.1, 0.15) is 20.3 Å². The second-order valence-electron chi connectivity index (χ2n) is 3.82. The molecule has 0 aromatic heterocycles. The highest BCUT2D eigenvalue weighted by Gasteiger charge is 2.06. The van der Waals surface area contributed by atoms with E-state index in [9.17, 15) is 5.11 Å². The van der Waals surface area contributed by atoms with E-state index >= 15 is 0 Å². The molecule has 1 unspecified atom stereocenters. The summed E-state index contributed by atoms with van der Waals surface area (Å²) in [5.74, 6) is 0. The van der Waals surface area contributed by atoms with E-state index in [1.54, 1.807) is 0 Å². The second kappa shape index (κ2) is 10.4. The third-order valence-corrected chi connectivity index (χ3v) is 2.15. The Hall–Kier alpha value is -0.160. The van der Waals surface area contributed by atoms with Crippen molar-refractivity contribution in [3.8, 4) is 0 Å². The Balaban J connectivity index is 3.35. The first-order valence-corrected chi connectivity index (χ1v) is 5.85. The number of nitrogens with one attached hydrogen (secondary N) is 1. The molecule has 2 N–H and O–H groups in total. The summed E-state index contributed by atoms with van der Waals surface area (Å²) in [6, 6.07) is 0. The molecule has 4 heteroatoms. The van der Waals surface area contributed by atoms with Crippen molar-refractivity contribution in [3.05, 3.63) is 0 Å². The number of likely N-dealkylation sites (N-methyl/N-ethyl adjacent to an activating group) is 1. The van der Waals surface area contributed by atoms with Crippen molar-refractivity contribution in [1.82, 2.24) is 10.2 Å². The largest absolute Gasteiger partial charge is 0.390 e. The third kappa shape index (κ3) is 10.1. The van der Waals surface area contributed by atoms with Crippen LogP contribution in [-0.4, -0.2) is 62.6 Å². The number of aliphatic hydroxyl groups is 1. The van der Waals surface area contributed by atoms with E-state index in [2.05, 4.69) is 17.1 Å². The number of nitrogens with zero attached hydrogens (tertiary/aromatic N) is 1. The number of rotatable bonds is 10. The summed E-state index contributed by atoms with van der Waals surface area (Å²) in [7, 11) is 2.00. The normalized spacial score (nSPS) is 13.4. The van der Waals surface area contributed by atoms with Gasteiger partial charge in [-0.2, -0.15) is 0 Å². The molecule has 0 spiro atoms. The van der Waals surface area contributed by atoms with Gasteiger partial charge in [-0.15, -0.1) is 0 Å². The van der Waals surface area contributed by atoms with Gasteiger partial charge in [-0.3, -0.25) is 0 Å². The van der Waals surface area contributed by atoms with Gasteiger partial charge in [0, 0.05) is 26.2 Å². The quantitative estimate of drug-likeness (QED) is 0.518. The first kappa shape index (κ1) is 14.8. The van der Waals surface area contributed by atoms with Crippen LogP contribution in [0.15, 0.2) is 0 Å². The predicted molar refractivity (Wildman–Crippen MR) is 63.2 cm³/mol. The Morgan fingerprint density at radius 2 is 2.13 bits per heavy atom. The van der Waals surface area contributed by atoms with Gasteiger partial charge < -0.3 is 20.1 Å². The third-order valence-electron chi connectivity index (χ3n) is 2.15. The molecule has 0 rings (SSSR count). The SMILES string of the molecule is CCCNCC(O)CN(C)CCOCC. The molecular weight excluding hydrogens is 192 g/mol. The second-order valence-corrected chi connectivity index (χ2v) is 3.82. The molecule has 0 fully saturated rings. The molecule has 15 heavy (non-hydrogen) atoms. The number of hydrogen-bond donors (Lipinski definition) is 2. The van der Waals surface area contributed by atoms with Crippen molar-refractivity contribution in [2.24, 2.45) is 0 Å². The van der Waals surface area contributed by atoms with Gasteiger partial charge in [0.05, 0.1) is 12.7 Å². The van der Waals surface area contributed by atoms with Gasteiger partial charge >= 0.3 is 0 Å². The number of hydrogen-bond acceptors (Lipinski definition) is 4. The molecule has 0 aromatic rings. The smallest absolute Gasteiger partial charge is 0.0791 e. The minimum absolute atomic E-state index is 0.289. The molecule has 1 atom stereocenters. The zero-order valence-electron chi connectivity index (χ0n) is 10.3. The van der Waals surface area contributed by atoms with Crippen LogP contribution >= 0.6 is 0 Å². The Morgan fingerprint density at radius 1 is 1.40 bits per heavy atom. The molecule has 0 aliphatic heterocycles. The van der Waals surface area contributed by atoms with E-state index in [0.717, 1.165) is 32.7 Å². The monoisotopic (exact) mass is 218 g/mol. The molecule has 0 heterocycles. The first-order valence-electron chi connectivity index (χ1n) is 5.85. The molecule has 0 saturated carbocycles. The Kier molecular flexibility index (Phi) is 10.3. The average molecular weight is 218 g/mol. The number of aliphatic hydroxyl groups excluding tert-OH is 1. The van der Waals surface area contributed by atoms with Gasteiger partial charge in [0.15, 0.2) is 0 Å². The van der Waals surface area contributed by atoms with Crippen LogP contribution in [-0.2, 0) is 4.74 Å². The first-order chi connectivity index (χ1) is 7.20. The lowest BCUT2D eigenvalue weighted by Gasteiger charge is -2.20. The standard InChI is InChI=1S/C11H26N2O2/c1-4-6-12-9-11(14)10-13(3)7-8-15-5-2/h11-12,14H,4-10H2,1-3H3. The van der Waals surface area contributed by atoms with Gasteiger partial charge in [-0.25, -0.2) is 0 Å². The zero-order valence-corrected chi connectivity index (χ0v) is 10.3. The summed E-state index contributed by atoms with van der Waals surface area (Å²) in [6.07, 6.45) is 0.815. The van der Waals surface area contributed by atoms with Crippen molar-refractivity contribution < 1.29 is 9.84 Å². The summed E-state index contributed by atoms with van der Waals surface area (Å²) in [6.45, 7) is 8.82. The van der Waals surface area contributed by atoms with E-state index < -0.39 is 0 Å². The van der Waals surface area contributed by atoms with E-state index in [1.807, 2.05) is 14.0 Å². The maximum absolute atomic E-state index is 9.66. The van der Waals surface area contributed by atoms with Crippen LogP contribution in [0, 0.1) is 0 Å². The summed E-state index contributed by atoms with van der Waals surface area (Å²) >= 11 is 0. The molecule has 4 nitrogen and oxygen atoms in total. The van der Waals surface area contributed by atoms with Crippen LogP contribution in [0.5, 0.6) is 0 Å². The van der Waals surface area contributed by atoms with Gasteiger partial charge in [-0.05, 0) is 26.9 Å². The van der Waals surface area contributed by atoms with Crippen molar-refractivity contribution in [3.63, 3.8) is 0 Å². The van der Waals surface area contributed by atoms with E-state index in [-0.39, 0.29) is 6.10 Å². The Bertz CT molecular complexity index is 120. The topological polar surface area (TPSA) is 44.7 Å². The maximum Gasteiger partial charge on any atom is 0.0791 e. The summed E-state index contributed by atoms with van der Waals surface area (Å²) < 4.78 is 5.25.